The number of hydrogen-bond donors (Lipinski definition) is 3. The van der Waals surface area contributed by atoms with Crippen LogP contribution in [0.1, 0.15) is 26.2 Å². The molecule has 5 heteroatoms. The van der Waals surface area contributed by atoms with Gasteiger partial charge < -0.3 is 14.0 Å². The van der Waals surface area contributed by atoms with Crippen LogP contribution in [0.15, 0.2) is 0 Å². The zero-order valence-corrected chi connectivity index (χ0v) is 9.39. The lowest BCUT2D eigenvalue weighted by atomic mass is 10.4. The standard InChI is InChI=1S/C7H18O3SSi/c1-2-3-5-10-12(8,9)7-4-6-11/h8-9,11H,2-7H2,1H3. The molecule has 0 aromatic rings. The average Bonchev–Trinajstić information content (AvgIpc) is 2.01. The van der Waals surface area contributed by atoms with E-state index in [0.29, 0.717) is 24.8 Å². The average molecular weight is 210 g/mol. The Kier molecular flexibility index (Phi) is 7.17. The van der Waals surface area contributed by atoms with Crippen molar-refractivity contribution in [2.24, 2.45) is 0 Å². The Labute approximate surface area is 80.5 Å². The quantitative estimate of drug-likeness (QED) is 0.334. The van der Waals surface area contributed by atoms with Crippen molar-refractivity contribution in [1.29, 1.82) is 0 Å². The SMILES string of the molecule is CCCCO[Si](O)(O)CCCS. The molecule has 0 aliphatic carbocycles. The zero-order chi connectivity index (χ0) is 9.45. The van der Waals surface area contributed by atoms with Crippen LogP contribution in [0.3, 0.4) is 0 Å². The van der Waals surface area contributed by atoms with Crippen molar-refractivity contribution in [3.63, 3.8) is 0 Å². The number of rotatable bonds is 7. The fraction of sp³-hybridized carbons (Fsp3) is 1.00. The summed E-state index contributed by atoms with van der Waals surface area (Å²) in [6, 6.07) is 0.361. The minimum atomic E-state index is -3.31. The summed E-state index contributed by atoms with van der Waals surface area (Å²) in [5, 5.41) is 0. The molecule has 3 nitrogen and oxygen atoms in total. The molecule has 0 aliphatic rings. The van der Waals surface area contributed by atoms with E-state index in [9.17, 15) is 9.59 Å². The summed E-state index contributed by atoms with van der Waals surface area (Å²) in [6.07, 6.45) is 2.60. The Hall–Kier alpha value is 0.447. The molecular weight excluding hydrogens is 192 g/mol. The molecule has 0 aromatic carbocycles. The van der Waals surface area contributed by atoms with Crippen molar-refractivity contribution in [3.8, 4) is 0 Å². The van der Waals surface area contributed by atoms with Crippen molar-refractivity contribution in [3.05, 3.63) is 0 Å². The molecule has 0 bridgehead atoms. The first-order chi connectivity index (χ1) is 5.62. The second-order valence-electron chi connectivity index (χ2n) is 2.77. The van der Waals surface area contributed by atoms with Crippen LogP contribution >= 0.6 is 12.6 Å². The van der Waals surface area contributed by atoms with Crippen molar-refractivity contribution in [2.75, 3.05) is 12.4 Å². The van der Waals surface area contributed by atoms with Gasteiger partial charge in [0.05, 0.1) is 0 Å². The third-order valence-corrected chi connectivity index (χ3v) is 3.48. The second-order valence-corrected chi connectivity index (χ2v) is 5.49. The van der Waals surface area contributed by atoms with Crippen LogP contribution in [-0.2, 0) is 4.43 Å². The van der Waals surface area contributed by atoms with Crippen LogP contribution in [0, 0.1) is 0 Å². The van der Waals surface area contributed by atoms with Gasteiger partial charge in [-0.05, 0) is 18.6 Å². The van der Waals surface area contributed by atoms with E-state index in [4.69, 9.17) is 4.43 Å². The molecule has 0 atom stereocenters. The molecule has 0 saturated heterocycles. The number of hydrogen-bond acceptors (Lipinski definition) is 4. The summed E-state index contributed by atoms with van der Waals surface area (Å²) in [4.78, 5) is 18.6. The Morgan fingerprint density at radius 3 is 2.50 bits per heavy atom. The van der Waals surface area contributed by atoms with Crippen LogP contribution in [0.2, 0.25) is 6.04 Å². The van der Waals surface area contributed by atoms with Crippen molar-refractivity contribution in [1.82, 2.24) is 0 Å². The van der Waals surface area contributed by atoms with E-state index in [1.54, 1.807) is 0 Å². The topological polar surface area (TPSA) is 49.7 Å². The molecule has 0 rings (SSSR count). The summed E-state index contributed by atoms with van der Waals surface area (Å²) >= 11 is 3.99. The summed E-state index contributed by atoms with van der Waals surface area (Å²) < 4.78 is 4.99. The van der Waals surface area contributed by atoms with Gasteiger partial charge in [0.25, 0.3) is 0 Å². The third-order valence-electron chi connectivity index (χ3n) is 1.49. The normalized spacial score (nSPS) is 12.0. The lowest BCUT2D eigenvalue weighted by Crippen LogP contribution is -2.39. The van der Waals surface area contributed by atoms with Crippen molar-refractivity contribution >= 4 is 21.4 Å². The molecule has 0 saturated carbocycles. The molecule has 12 heavy (non-hydrogen) atoms. The molecule has 0 aliphatic heterocycles. The summed E-state index contributed by atoms with van der Waals surface area (Å²) in [5.41, 5.74) is 0. The van der Waals surface area contributed by atoms with Gasteiger partial charge in [0.2, 0.25) is 0 Å². The number of unbranched alkanes of at least 4 members (excludes halogenated alkanes) is 1. The highest BCUT2D eigenvalue weighted by Gasteiger charge is 2.30. The first-order valence-corrected chi connectivity index (χ1v) is 6.96. The van der Waals surface area contributed by atoms with Gasteiger partial charge in [-0.3, -0.25) is 0 Å². The van der Waals surface area contributed by atoms with Gasteiger partial charge in [0.1, 0.15) is 0 Å². The molecule has 0 spiro atoms. The largest absolute Gasteiger partial charge is 0.495 e. The first-order valence-electron chi connectivity index (χ1n) is 4.32. The molecular formula is C7H18O3SSi. The minimum absolute atomic E-state index is 0.361. The lowest BCUT2D eigenvalue weighted by Gasteiger charge is -2.16. The molecule has 0 radical (unpaired) electrons. The van der Waals surface area contributed by atoms with Gasteiger partial charge in [-0.25, -0.2) is 0 Å². The van der Waals surface area contributed by atoms with Crippen LogP contribution in [0.4, 0.5) is 0 Å². The molecule has 2 N–H and O–H groups in total. The monoisotopic (exact) mass is 210 g/mol. The summed E-state index contributed by atoms with van der Waals surface area (Å²) in [6.45, 7) is 2.50. The van der Waals surface area contributed by atoms with E-state index in [-0.39, 0.29) is 0 Å². The maximum Gasteiger partial charge on any atom is 0.495 e. The van der Waals surface area contributed by atoms with E-state index < -0.39 is 8.80 Å². The van der Waals surface area contributed by atoms with Gasteiger partial charge in [-0.2, -0.15) is 12.6 Å². The Morgan fingerprint density at radius 1 is 1.33 bits per heavy atom. The van der Waals surface area contributed by atoms with Crippen LogP contribution in [0.5, 0.6) is 0 Å². The third kappa shape index (κ3) is 7.12. The smallest absolute Gasteiger partial charge is 0.390 e. The van der Waals surface area contributed by atoms with Crippen molar-refractivity contribution < 1.29 is 14.0 Å². The first kappa shape index (κ1) is 12.4. The molecule has 0 unspecified atom stereocenters. The van der Waals surface area contributed by atoms with Crippen LogP contribution in [0.25, 0.3) is 0 Å². The van der Waals surface area contributed by atoms with E-state index in [1.807, 2.05) is 6.92 Å². The molecule has 0 heterocycles. The summed E-state index contributed by atoms with van der Waals surface area (Å²) in [5.74, 6) is 0.674. The second kappa shape index (κ2) is 6.91. The summed E-state index contributed by atoms with van der Waals surface area (Å²) in [7, 11) is -3.31. The molecule has 0 amide bonds. The maximum absolute atomic E-state index is 9.31. The predicted molar refractivity (Wildman–Crippen MR) is 54.3 cm³/mol. The lowest BCUT2D eigenvalue weighted by molar-refractivity contribution is 0.145. The molecule has 0 aromatic heterocycles. The highest BCUT2D eigenvalue weighted by atomic mass is 32.1. The Bertz CT molecular complexity index is 111. The van der Waals surface area contributed by atoms with Crippen LogP contribution in [-0.4, -0.2) is 30.8 Å². The van der Waals surface area contributed by atoms with Gasteiger partial charge in [-0.1, -0.05) is 13.3 Å². The number of thiol groups is 1. The van der Waals surface area contributed by atoms with Gasteiger partial charge in [0, 0.05) is 12.7 Å². The maximum atomic E-state index is 9.31. The highest BCUT2D eigenvalue weighted by Crippen LogP contribution is 2.08. The van der Waals surface area contributed by atoms with Crippen LogP contribution < -0.4 is 0 Å². The Balaban J connectivity index is 3.42. The minimum Gasteiger partial charge on any atom is -0.390 e. The van der Waals surface area contributed by atoms with E-state index in [2.05, 4.69) is 12.6 Å². The van der Waals surface area contributed by atoms with E-state index in [1.165, 1.54) is 0 Å². The van der Waals surface area contributed by atoms with Gasteiger partial charge in [-0.15, -0.1) is 0 Å². The van der Waals surface area contributed by atoms with Crippen molar-refractivity contribution in [2.45, 2.75) is 32.2 Å². The molecule has 0 fully saturated rings. The fourth-order valence-electron chi connectivity index (χ4n) is 0.761. The Morgan fingerprint density at radius 2 is 2.00 bits per heavy atom. The van der Waals surface area contributed by atoms with Gasteiger partial charge >= 0.3 is 8.80 Å². The zero-order valence-electron chi connectivity index (χ0n) is 7.49. The van der Waals surface area contributed by atoms with E-state index in [0.717, 1.165) is 12.8 Å². The molecule has 74 valence electrons. The predicted octanol–water partition coefficient (Wildman–Crippen LogP) is 1.05. The van der Waals surface area contributed by atoms with Gasteiger partial charge in [0.15, 0.2) is 0 Å². The van der Waals surface area contributed by atoms with E-state index >= 15 is 0 Å². The highest BCUT2D eigenvalue weighted by molar-refractivity contribution is 7.80. The fourth-order valence-corrected chi connectivity index (χ4v) is 2.47.